The Morgan fingerprint density at radius 3 is 2.61 bits per heavy atom. The summed E-state index contributed by atoms with van der Waals surface area (Å²) in [5.74, 6) is 0.817. The van der Waals surface area contributed by atoms with Gasteiger partial charge in [0.25, 0.3) is 0 Å². The van der Waals surface area contributed by atoms with Crippen molar-refractivity contribution in [3.05, 3.63) is 52.5 Å². The molecule has 1 fully saturated rings. The topological polar surface area (TPSA) is 62.8 Å². The number of benzene rings is 2. The van der Waals surface area contributed by atoms with Crippen LogP contribution in [-0.4, -0.2) is 45.5 Å². The molecule has 0 unspecified atom stereocenters. The maximum atomic E-state index is 12.4. The third-order valence-electron chi connectivity index (χ3n) is 5.17. The predicted molar refractivity (Wildman–Crippen MR) is 129 cm³/mol. The van der Waals surface area contributed by atoms with Gasteiger partial charge in [-0.05, 0) is 57.6 Å². The fraction of sp³-hybridized carbons (Fsp3) is 0.458. The zero-order valence-corrected chi connectivity index (χ0v) is 20.1. The monoisotopic (exact) mass is 489 g/mol. The number of nitrogens with zero attached hydrogens (tertiary/aromatic N) is 1. The number of nitrogens with one attached hydrogen (secondary N) is 2. The van der Waals surface area contributed by atoms with Gasteiger partial charge in [0.2, 0.25) is 0 Å². The van der Waals surface area contributed by atoms with Gasteiger partial charge in [0.05, 0.1) is 35.7 Å². The highest BCUT2D eigenvalue weighted by Crippen LogP contribution is 2.31. The van der Waals surface area contributed by atoms with Crippen LogP contribution in [0.1, 0.15) is 32.8 Å². The molecule has 6 nitrogen and oxygen atoms in total. The Kier molecular flexibility index (Phi) is 8.21. The number of urea groups is 1. The summed E-state index contributed by atoms with van der Waals surface area (Å²) < 4.78 is 12.2. The van der Waals surface area contributed by atoms with E-state index in [-0.39, 0.29) is 11.4 Å². The van der Waals surface area contributed by atoms with E-state index < -0.39 is 0 Å². The smallest absolute Gasteiger partial charge is 0.319 e. The lowest BCUT2D eigenvalue weighted by Crippen LogP contribution is -2.37. The maximum Gasteiger partial charge on any atom is 0.319 e. The van der Waals surface area contributed by atoms with E-state index in [0.717, 1.165) is 34.7 Å². The van der Waals surface area contributed by atoms with Gasteiger partial charge in [0.1, 0.15) is 5.75 Å². The highest BCUT2D eigenvalue weighted by molar-refractivity contribution is 9.10. The second-order valence-electron chi connectivity index (χ2n) is 8.59. The van der Waals surface area contributed by atoms with Crippen molar-refractivity contribution in [2.45, 2.75) is 32.6 Å². The first kappa shape index (κ1) is 23.4. The molecule has 2 aromatic rings. The average Bonchev–Trinajstić information content (AvgIpc) is 2.75. The molecule has 2 amide bonds. The van der Waals surface area contributed by atoms with Crippen LogP contribution in [0.3, 0.4) is 0 Å². The van der Waals surface area contributed by atoms with Gasteiger partial charge in [-0.2, -0.15) is 0 Å². The number of rotatable bonds is 7. The van der Waals surface area contributed by atoms with Crippen LogP contribution in [0.2, 0.25) is 0 Å². The summed E-state index contributed by atoms with van der Waals surface area (Å²) in [5, 5.41) is 5.87. The number of anilines is 2. The van der Waals surface area contributed by atoms with Crippen molar-refractivity contribution in [1.82, 2.24) is 5.32 Å². The van der Waals surface area contributed by atoms with E-state index in [2.05, 4.69) is 64.4 Å². The van der Waals surface area contributed by atoms with Crippen molar-refractivity contribution in [3.63, 3.8) is 0 Å². The van der Waals surface area contributed by atoms with Gasteiger partial charge in [-0.25, -0.2) is 4.79 Å². The van der Waals surface area contributed by atoms with E-state index in [1.54, 1.807) is 0 Å². The lowest BCUT2D eigenvalue weighted by Gasteiger charge is -2.30. The Bertz CT molecular complexity index is 877. The lowest BCUT2D eigenvalue weighted by molar-refractivity contribution is 0.123. The number of morpholine rings is 1. The Labute approximate surface area is 193 Å². The van der Waals surface area contributed by atoms with Gasteiger partial charge >= 0.3 is 6.03 Å². The molecule has 0 aromatic heterocycles. The number of carbonyl (C=O) groups is 1. The number of halogens is 1. The van der Waals surface area contributed by atoms with Crippen LogP contribution < -0.4 is 20.3 Å². The van der Waals surface area contributed by atoms with Crippen molar-refractivity contribution in [2.24, 2.45) is 0 Å². The Morgan fingerprint density at radius 1 is 1.16 bits per heavy atom. The van der Waals surface area contributed by atoms with E-state index in [1.807, 2.05) is 30.3 Å². The van der Waals surface area contributed by atoms with Crippen molar-refractivity contribution in [1.29, 1.82) is 0 Å². The highest BCUT2D eigenvalue weighted by Gasteiger charge is 2.16. The minimum Gasteiger partial charge on any atom is -0.492 e. The quantitative estimate of drug-likeness (QED) is 0.526. The first-order valence-electron chi connectivity index (χ1n) is 10.7. The summed E-state index contributed by atoms with van der Waals surface area (Å²) in [6.45, 7) is 10.7. The molecule has 1 saturated heterocycles. The minimum absolute atomic E-state index is 0.0960. The predicted octanol–water partition coefficient (Wildman–Crippen LogP) is 5.17. The van der Waals surface area contributed by atoms with Gasteiger partial charge in [-0.3, -0.25) is 0 Å². The van der Waals surface area contributed by atoms with E-state index in [9.17, 15) is 4.79 Å². The molecular formula is C24H32BrN3O3. The molecule has 1 aliphatic heterocycles. The molecule has 1 heterocycles. The molecule has 2 N–H and O–H groups in total. The van der Waals surface area contributed by atoms with Crippen LogP contribution in [0.25, 0.3) is 0 Å². The first-order valence-corrected chi connectivity index (χ1v) is 11.5. The summed E-state index contributed by atoms with van der Waals surface area (Å²) in [6.07, 6.45) is 0.714. The average molecular weight is 490 g/mol. The number of ether oxygens (including phenoxy) is 2. The minimum atomic E-state index is -0.212. The molecule has 3 rings (SSSR count). The van der Waals surface area contributed by atoms with Gasteiger partial charge in [-0.15, -0.1) is 0 Å². The fourth-order valence-corrected chi connectivity index (χ4v) is 3.86. The molecule has 1 aliphatic rings. The van der Waals surface area contributed by atoms with Gasteiger partial charge < -0.3 is 25.0 Å². The standard InChI is InChI=1S/C24H32BrN3O3/c1-24(2,3)18-9-10-22(19(25)17-18)31-14-6-11-26-23(29)27-20-7-4-5-8-21(20)28-12-15-30-16-13-28/h4-5,7-10,17H,6,11-16H2,1-3H3,(H2,26,27,29). The first-order chi connectivity index (χ1) is 14.8. The van der Waals surface area contributed by atoms with Crippen molar-refractivity contribution < 1.29 is 14.3 Å². The molecule has 0 aliphatic carbocycles. The molecule has 2 aromatic carbocycles. The molecule has 0 atom stereocenters. The SMILES string of the molecule is CC(C)(C)c1ccc(OCCCNC(=O)Nc2ccccc2N2CCOCC2)c(Br)c1. The molecule has 0 bridgehead atoms. The molecule has 168 valence electrons. The number of hydrogen-bond donors (Lipinski definition) is 2. The van der Waals surface area contributed by atoms with E-state index in [4.69, 9.17) is 9.47 Å². The van der Waals surface area contributed by atoms with E-state index >= 15 is 0 Å². The van der Waals surface area contributed by atoms with Crippen LogP contribution in [0, 0.1) is 0 Å². The van der Waals surface area contributed by atoms with Crippen molar-refractivity contribution in [3.8, 4) is 5.75 Å². The van der Waals surface area contributed by atoms with E-state index in [0.29, 0.717) is 32.8 Å². The summed E-state index contributed by atoms with van der Waals surface area (Å²) in [7, 11) is 0. The molecule has 0 radical (unpaired) electrons. The number of amides is 2. The third-order valence-corrected chi connectivity index (χ3v) is 5.79. The van der Waals surface area contributed by atoms with Gasteiger partial charge in [0.15, 0.2) is 0 Å². The second kappa shape index (κ2) is 10.9. The number of hydrogen-bond acceptors (Lipinski definition) is 4. The van der Waals surface area contributed by atoms with Crippen LogP contribution >= 0.6 is 15.9 Å². The van der Waals surface area contributed by atoms with E-state index in [1.165, 1.54) is 5.56 Å². The molecule has 0 saturated carbocycles. The number of carbonyl (C=O) groups excluding carboxylic acids is 1. The second-order valence-corrected chi connectivity index (χ2v) is 9.45. The summed E-state index contributed by atoms with van der Waals surface area (Å²) in [5.41, 5.74) is 3.18. The highest BCUT2D eigenvalue weighted by atomic mass is 79.9. The van der Waals surface area contributed by atoms with Crippen molar-refractivity contribution >= 4 is 33.3 Å². The molecule has 31 heavy (non-hydrogen) atoms. The fourth-order valence-electron chi connectivity index (χ4n) is 3.37. The lowest BCUT2D eigenvalue weighted by atomic mass is 9.87. The summed E-state index contributed by atoms with van der Waals surface area (Å²) in [4.78, 5) is 14.6. The van der Waals surface area contributed by atoms with Gasteiger partial charge in [0, 0.05) is 19.6 Å². The largest absolute Gasteiger partial charge is 0.492 e. The zero-order chi connectivity index (χ0) is 22.3. The Morgan fingerprint density at radius 2 is 1.90 bits per heavy atom. The van der Waals surface area contributed by atoms with Crippen LogP contribution in [0.5, 0.6) is 5.75 Å². The van der Waals surface area contributed by atoms with Crippen LogP contribution in [0.15, 0.2) is 46.9 Å². The Hall–Kier alpha value is -2.25. The third kappa shape index (κ3) is 6.87. The van der Waals surface area contributed by atoms with Crippen molar-refractivity contribution in [2.75, 3.05) is 49.7 Å². The number of para-hydroxylation sites is 2. The molecule has 0 spiro atoms. The molecular weight excluding hydrogens is 458 g/mol. The Balaban J connectivity index is 1.42. The normalized spacial score (nSPS) is 14.3. The molecule has 7 heteroatoms. The van der Waals surface area contributed by atoms with Crippen LogP contribution in [-0.2, 0) is 10.2 Å². The summed E-state index contributed by atoms with van der Waals surface area (Å²) in [6, 6.07) is 13.8. The van der Waals surface area contributed by atoms with Gasteiger partial charge in [-0.1, -0.05) is 39.0 Å². The summed E-state index contributed by atoms with van der Waals surface area (Å²) >= 11 is 3.59. The maximum absolute atomic E-state index is 12.4. The van der Waals surface area contributed by atoms with Crippen LogP contribution in [0.4, 0.5) is 16.2 Å². The zero-order valence-electron chi connectivity index (χ0n) is 18.5.